The minimum atomic E-state index is -0.216. The number of primary amides is 1. The number of likely N-dealkylation sites (tertiary alicyclic amines) is 1. The molecular weight excluding hydrogens is 250 g/mol. The molecule has 118 valence electrons. The first-order valence-electron chi connectivity index (χ1n) is 8.32. The highest BCUT2D eigenvalue weighted by Crippen LogP contribution is 2.37. The number of amides is 1. The van der Waals surface area contributed by atoms with Crippen molar-refractivity contribution < 1.29 is 4.79 Å². The molecule has 1 amide bonds. The van der Waals surface area contributed by atoms with E-state index in [1.54, 1.807) is 0 Å². The zero-order valence-electron chi connectivity index (χ0n) is 13.6. The van der Waals surface area contributed by atoms with Crippen molar-refractivity contribution >= 4 is 5.91 Å². The maximum Gasteiger partial charge on any atom is 0.234 e. The van der Waals surface area contributed by atoms with Gasteiger partial charge in [-0.05, 0) is 50.7 Å². The van der Waals surface area contributed by atoms with Gasteiger partial charge in [0.05, 0.1) is 6.04 Å². The van der Waals surface area contributed by atoms with Crippen molar-refractivity contribution in [1.29, 1.82) is 0 Å². The smallest absolute Gasteiger partial charge is 0.234 e. The van der Waals surface area contributed by atoms with E-state index >= 15 is 0 Å². The van der Waals surface area contributed by atoms with E-state index in [0.29, 0.717) is 5.41 Å². The highest BCUT2D eigenvalue weighted by atomic mass is 16.1. The van der Waals surface area contributed by atoms with Crippen LogP contribution >= 0.6 is 0 Å². The summed E-state index contributed by atoms with van der Waals surface area (Å²) in [7, 11) is 0. The zero-order chi connectivity index (χ0) is 15.0. The van der Waals surface area contributed by atoms with E-state index in [0.717, 1.165) is 25.9 Å². The summed E-state index contributed by atoms with van der Waals surface area (Å²) in [6.45, 7) is 10.9. The maximum atomic E-state index is 11.4. The summed E-state index contributed by atoms with van der Waals surface area (Å²) in [4.78, 5) is 13.9. The van der Waals surface area contributed by atoms with Crippen molar-refractivity contribution in [3.63, 3.8) is 0 Å². The molecule has 4 heteroatoms. The summed E-state index contributed by atoms with van der Waals surface area (Å²) in [5, 5.41) is 3.25. The fraction of sp³-hybridized carbons (Fsp3) is 0.938. The van der Waals surface area contributed by atoms with Crippen molar-refractivity contribution in [3.05, 3.63) is 0 Å². The van der Waals surface area contributed by atoms with Crippen LogP contribution in [-0.2, 0) is 4.79 Å². The third-order valence-electron chi connectivity index (χ3n) is 5.13. The average molecular weight is 283 g/mol. The second-order valence-corrected chi connectivity index (χ2v) is 6.25. The zero-order valence-corrected chi connectivity index (χ0v) is 13.6. The number of nitrogens with zero attached hydrogens (tertiary/aromatic N) is 1. The van der Waals surface area contributed by atoms with Crippen LogP contribution in [0.4, 0.5) is 0 Å². The van der Waals surface area contributed by atoms with E-state index in [1.165, 1.54) is 38.8 Å². The first-order valence-corrected chi connectivity index (χ1v) is 8.32. The fourth-order valence-corrected chi connectivity index (χ4v) is 3.18. The molecule has 0 radical (unpaired) electrons. The topological polar surface area (TPSA) is 58.4 Å². The molecule has 0 aromatic heterocycles. The lowest BCUT2D eigenvalue weighted by molar-refractivity contribution is -0.120. The Morgan fingerprint density at radius 2 is 1.85 bits per heavy atom. The average Bonchev–Trinajstić information content (AvgIpc) is 2.47. The van der Waals surface area contributed by atoms with E-state index in [9.17, 15) is 4.79 Å². The number of nitrogens with one attached hydrogen (secondary N) is 1. The van der Waals surface area contributed by atoms with E-state index in [4.69, 9.17) is 5.73 Å². The van der Waals surface area contributed by atoms with Gasteiger partial charge < -0.3 is 16.0 Å². The number of rotatable bonds is 9. The number of hydrogen-bond donors (Lipinski definition) is 2. The van der Waals surface area contributed by atoms with Gasteiger partial charge in [-0.1, -0.05) is 33.6 Å². The predicted molar refractivity (Wildman–Crippen MR) is 84.6 cm³/mol. The molecule has 0 bridgehead atoms. The molecule has 1 saturated heterocycles. The van der Waals surface area contributed by atoms with Crippen molar-refractivity contribution in [1.82, 2.24) is 10.2 Å². The van der Waals surface area contributed by atoms with Crippen molar-refractivity contribution in [2.75, 3.05) is 26.2 Å². The van der Waals surface area contributed by atoms with Gasteiger partial charge in [-0.25, -0.2) is 0 Å². The second kappa shape index (κ2) is 8.63. The molecule has 1 aliphatic rings. The Labute approximate surface area is 124 Å². The molecule has 0 saturated carbocycles. The number of hydrogen-bond acceptors (Lipinski definition) is 3. The van der Waals surface area contributed by atoms with Gasteiger partial charge in [0.1, 0.15) is 0 Å². The molecule has 0 aromatic carbocycles. The third-order valence-corrected chi connectivity index (χ3v) is 5.13. The molecule has 1 aliphatic heterocycles. The lowest BCUT2D eigenvalue weighted by Gasteiger charge is -2.41. The molecule has 0 aliphatic carbocycles. The van der Waals surface area contributed by atoms with Gasteiger partial charge in [0.15, 0.2) is 0 Å². The number of carbonyl (C=O) groups excluding carboxylic acids is 1. The van der Waals surface area contributed by atoms with E-state index < -0.39 is 0 Å². The SMILES string of the molecule is CCCNC(CCN1CCC(CC)(CC)CC1)C(N)=O. The summed E-state index contributed by atoms with van der Waals surface area (Å²) in [6.07, 6.45) is 7.04. The van der Waals surface area contributed by atoms with Crippen LogP contribution in [0.25, 0.3) is 0 Å². The normalized spacial score (nSPS) is 20.8. The van der Waals surface area contributed by atoms with Gasteiger partial charge in [0.25, 0.3) is 0 Å². The van der Waals surface area contributed by atoms with E-state index in [2.05, 4.69) is 31.0 Å². The Morgan fingerprint density at radius 1 is 1.25 bits per heavy atom. The monoisotopic (exact) mass is 283 g/mol. The van der Waals surface area contributed by atoms with Crippen LogP contribution in [0.3, 0.4) is 0 Å². The molecule has 4 nitrogen and oxygen atoms in total. The van der Waals surface area contributed by atoms with Crippen LogP contribution in [0.15, 0.2) is 0 Å². The Hall–Kier alpha value is -0.610. The van der Waals surface area contributed by atoms with Crippen LogP contribution in [0.1, 0.15) is 59.3 Å². The lowest BCUT2D eigenvalue weighted by atomic mass is 9.74. The minimum absolute atomic E-state index is 0.168. The van der Waals surface area contributed by atoms with Gasteiger partial charge in [-0.2, -0.15) is 0 Å². The molecule has 0 aromatic rings. The summed E-state index contributed by atoms with van der Waals surface area (Å²) < 4.78 is 0. The van der Waals surface area contributed by atoms with Crippen LogP contribution in [0.2, 0.25) is 0 Å². The summed E-state index contributed by atoms with van der Waals surface area (Å²) in [6, 6.07) is -0.168. The third kappa shape index (κ3) is 5.06. The second-order valence-electron chi connectivity index (χ2n) is 6.25. The van der Waals surface area contributed by atoms with Gasteiger partial charge in [0.2, 0.25) is 5.91 Å². The summed E-state index contributed by atoms with van der Waals surface area (Å²) >= 11 is 0. The Balaban J connectivity index is 2.34. The predicted octanol–water partition coefficient (Wildman–Crippen LogP) is 2.13. The minimum Gasteiger partial charge on any atom is -0.368 e. The first kappa shape index (κ1) is 17.4. The molecule has 1 rings (SSSR count). The van der Waals surface area contributed by atoms with Crippen molar-refractivity contribution in [3.8, 4) is 0 Å². The number of nitrogens with two attached hydrogens (primary N) is 1. The highest BCUT2D eigenvalue weighted by Gasteiger charge is 2.31. The van der Waals surface area contributed by atoms with E-state index in [-0.39, 0.29) is 11.9 Å². The van der Waals surface area contributed by atoms with Crippen molar-refractivity contribution in [2.45, 2.75) is 65.3 Å². The Kier molecular flexibility index (Phi) is 7.52. The molecule has 1 unspecified atom stereocenters. The molecule has 0 spiro atoms. The fourth-order valence-electron chi connectivity index (χ4n) is 3.18. The standard InChI is InChI=1S/C16H33N3O/c1-4-10-18-14(15(17)20)7-11-19-12-8-16(5-2,6-3)9-13-19/h14,18H,4-13H2,1-3H3,(H2,17,20). The first-order chi connectivity index (χ1) is 9.56. The van der Waals surface area contributed by atoms with Crippen LogP contribution in [-0.4, -0.2) is 43.0 Å². The Morgan fingerprint density at radius 3 is 2.30 bits per heavy atom. The van der Waals surface area contributed by atoms with E-state index in [1.807, 2.05) is 0 Å². The molecule has 3 N–H and O–H groups in total. The largest absolute Gasteiger partial charge is 0.368 e. The molecule has 20 heavy (non-hydrogen) atoms. The summed E-state index contributed by atoms with van der Waals surface area (Å²) in [5.74, 6) is -0.216. The Bertz CT molecular complexity index is 279. The van der Waals surface area contributed by atoms with Crippen molar-refractivity contribution in [2.24, 2.45) is 11.1 Å². The molecular formula is C16H33N3O. The number of carbonyl (C=O) groups is 1. The quantitative estimate of drug-likeness (QED) is 0.681. The van der Waals surface area contributed by atoms with Crippen LogP contribution < -0.4 is 11.1 Å². The molecule has 1 atom stereocenters. The van der Waals surface area contributed by atoms with Gasteiger partial charge in [-0.3, -0.25) is 4.79 Å². The van der Waals surface area contributed by atoms with Crippen LogP contribution in [0.5, 0.6) is 0 Å². The number of piperidine rings is 1. The maximum absolute atomic E-state index is 11.4. The molecule has 1 heterocycles. The van der Waals surface area contributed by atoms with Gasteiger partial charge in [-0.15, -0.1) is 0 Å². The lowest BCUT2D eigenvalue weighted by Crippen LogP contribution is -2.46. The van der Waals surface area contributed by atoms with Gasteiger partial charge >= 0.3 is 0 Å². The van der Waals surface area contributed by atoms with Gasteiger partial charge in [0, 0.05) is 6.54 Å². The van der Waals surface area contributed by atoms with Crippen LogP contribution in [0, 0.1) is 5.41 Å². The summed E-state index contributed by atoms with van der Waals surface area (Å²) in [5.41, 5.74) is 6.03. The molecule has 1 fully saturated rings. The highest BCUT2D eigenvalue weighted by molar-refractivity contribution is 5.79.